The first-order valence-electron chi connectivity index (χ1n) is 7.71. The lowest BCUT2D eigenvalue weighted by Crippen LogP contribution is -2.30. The van der Waals surface area contributed by atoms with E-state index in [0.717, 1.165) is 45.2 Å². The average Bonchev–Trinajstić information content (AvgIpc) is 3.01. The number of hydrogen-bond acceptors (Lipinski definition) is 5. The fourth-order valence-corrected chi connectivity index (χ4v) is 2.56. The van der Waals surface area contributed by atoms with Crippen LogP contribution in [0.25, 0.3) is 0 Å². The fraction of sp³-hybridized carbons (Fsp3) is 0.786. The van der Waals surface area contributed by atoms with E-state index in [9.17, 15) is 4.79 Å². The van der Waals surface area contributed by atoms with Crippen molar-refractivity contribution in [2.24, 2.45) is 0 Å². The molecule has 1 aliphatic rings. The summed E-state index contributed by atoms with van der Waals surface area (Å²) in [6.45, 7) is 2.86. The van der Waals surface area contributed by atoms with Gasteiger partial charge in [-0.15, -0.1) is 5.10 Å². The van der Waals surface area contributed by atoms with Gasteiger partial charge in [0.05, 0.1) is 12.2 Å². The largest absolute Gasteiger partial charge is 0.396 e. The summed E-state index contributed by atoms with van der Waals surface area (Å²) in [4.78, 5) is 13.9. The van der Waals surface area contributed by atoms with Crippen molar-refractivity contribution in [2.45, 2.75) is 38.1 Å². The molecule has 2 heterocycles. The number of unbranched alkanes of at least 4 members (excludes halogenated alkanes) is 2. The van der Waals surface area contributed by atoms with E-state index in [1.54, 1.807) is 18.1 Å². The second-order valence-corrected chi connectivity index (χ2v) is 5.58. The molecule has 21 heavy (non-hydrogen) atoms. The van der Waals surface area contributed by atoms with Crippen LogP contribution in [0.1, 0.15) is 48.6 Å². The number of carbonyl (C=O) groups excluding carboxylic acids is 1. The zero-order chi connectivity index (χ0) is 15.1. The Balaban J connectivity index is 1.85. The first-order valence-corrected chi connectivity index (χ1v) is 7.71. The van der Waals surface area contributed by atoms with Crippen molar-refractivity contribution in [1.29, 1.82) is 0 Å². The Morgan fingerprint density at radius 2 is 2.19 bits per heavy atom. The second kappa shape index (κ2) is 8.09. The van der Waals surface area contributed by atoms with Crippen molar-refractivity contribution >= 4 is 5.91 Å². The Morgan fingerprint density at radius 1 is 1.43 bits per heavy atom. The summed E-state index contributed by atoms with van der Waals surface area (Å²) >= 11 is 0. The van der Waals surface area contributed by atoms with Gasteiger partial charge in [0, 0.05) is 20.2 Å². The molecule has 0 atom stereocenters. The van der Waals surface area contributed by atoms with E-state index in [0.29, 0.717) is 18.3 Å². The maximum Gasteiger partial charge on any atom is 0.275 e. The third-order valence-electron chi connectivity index (χ3n) is 3.91. The highest BCUT2D eigenvalue weighted by molar-refractivity contribution is 5.91. The molecule has 0 radical (unpaired) electrons. The minimum Gasteiger partial charge on any atom is -0.396 e. The van der Waals surface area contributed by atoms with Gasteiger partial charge in [-0.05, 0) is 45.2 Å². The maximum atomic E-state index is 12.3. The molecular formula is C14H25N5O2. The van der Waals surface area contributed by atoms with Gasteiger partial charge in [0.25, 0.3) is 5.91 Å². The summed E-state index contributed by atoms with van der Waals surface area (Å²) in [5, 5.41) is 20.2. The molecule has 2 rings (SSSR count). The highest BCUT2D eigenvalue weighted by Gasteiger charge is 2.20. The van der Waals surface area contributed by atoms with Crippen LogP contribution in [0.4, 0.5) is 0 Å². The lowest BCUT2D eigenvalue weighted by molar-refractivity contribution is 0.0786. The van der Waals surface area contributed by atoms with Gasteiger partial charge in [-0.25, -0.2) is 4.68 Å². The van der Waals surface area contributed by atoms with E-state index in [-0.39, 0.29) is 12.5 Å². The van der Waals surface area contributed by atoms with Crippen molar-refractivity contribution in [2.75, 3.05) is 33.3 Å². The average molecular weight is 295 g/mol. The Hall–Kier alpha value is -1.47. The minimum atomic E-state index is -0.0841. The Labute approximate surface area is 125 Å². The van der Waals surface area contributed by atoms with Crippen LogP contribution in [-0.2, 0) is 0 Å². The smallest absolute Gasteiger partial charge is 0.275 e. The number of aliphatic hydroxyl groups is 1. The molecule has 7 nitrogen and oxygen atoms in total. The summed E-state index contributed by atoms with van der Waals surface area (Å²) in [5.41, 5.74) is 0.415. The van der Waals surface area contributed by atoms with Crippen molar-refractivity contribution in [3.63, 3.8) is 0 Å². The lowest BCUT2D eigenvalue weighted by atomic mass is 10.1. The van der Waals surface area contributed by atoms with E-state index < -0.39 is 0 Å². The van der Waals surface area contributed by atoms with Crippen LogP contribution in [0.3, 0.4) is 0 Å². The quantitative estimate of drug-likeness (QED) is 0.713. The van der Waals surface area contributed by atoms with Crippen LogP contribution in [0.15, 0.2) is 6.20 Å². The topological polar surface area (TPSA) is 83.3 Å². The van der Waals surface area contributed by atoms with Gasteiger partial charge in [0.15, 0.2) is 5.69 Å². The van der Waals surface area contributed by atoms with Gasteiger partial charge in [-0.1, -0.05) is 5.21 Å². The van der Waals surface area contributed by atoms with Gasteiger partial charge >= 0.3 is 0 Å². The van der Waals surface area contributed by atoms with Crippen molar-refractivity contribution in [3.8, 4) is 0 Å². The number of amides is 1. The summed E-state index contributed by atoms with van der Waals surface area (Å²) in [6.07, 6.45) is 6.42. The Kier molecular flexibility index (Phi) is 6.13. The molecule has 1 aliphatic heterocycles. The van der Waals surface area contributed by atoms with Gasteiger partial charge in [-0.3, -0.25) is 4.79 Å². The summed E-state index contributed by atoms with van der Waals surface area (Å²) in [7, 11) is 1.78. The molecule has 1 aromatic rings. The number of nitrogens with zero attached hydrogens (tertiary/aromatic N) is 4. The monoisotopic (exact) mass is 295 g/mol. The molecular weight excluding hydrogens is 270 g/mol. The zero-order valence-corrected chi connectivity index (χ0v) is 12.7. The molecule has 0 aromatic carbocycles. The predicted molar refractivity (Wildman–Crippen MR) is 79.1 cm³/mol. The predicted octanol–water partition coefficient (Wildman–Crippen LogP) is 0.437. The summed E-state index contributed by atoms with van der Waals surface area (Å²) in [6, 6.07) is 0.343. The third-order valence-corrected chi connectivity index (χ3v) is 3.91. The lowest BCUT2D eigenvalue weighted by Gasteiger charge is -2.22. The number of aromatic nitrogens is 3. The number of carbonyl (C=O) groups is 1. The van der Waals surface area contributed by atoms with Crippen molar-refractivity contribution in [3.05, 3.63) is 11.9 Å². The van der Waals surface area contributed by atoms with Crippen LogP contribution >= 0.6 is 0 Å². The van der Waals surface area contributed by atoms with Crippen molar-refractivity contribution < 1.29 is 9.90 Å². The molecule has 1 saturated heterocycles. The van der Waals surface area contributed by atoms with E-state index in [1.807, 2.05) is 4.68 Å². The van der Waals surface area contributed by atoms with Crippen LogP contribution in [0, 0.1) is 0 Å². The SMILES string of the molecule is CN(CCCCCO)C(=O)c1cn(C2CCNCC2)nn1. The highest BCUT2D eigenvalue weighted by Crippen LogP contribution is 2.17. The molecule has 1 fully saturated rings. The van der Waals surface area contributed by atoms with E-state index in [4.69, 9.17) is 5.11 Å². The van der Waals surface area contributed by atoms with Gasteiger partial charge in [0.2, 0.25) is 0 Å². The number of piperidine rings is 1. The van der Waals surface area contributed by atoms with E-state index in [1.165, 1.54) is 0 Å². The third kappa shape index (κ3) is 4.50. The highest BCUT2D eigenvalue weighted by atomic mass is 16.2. The first kappa shape index (κ1) is 15.9. The number of nitrogens with one attached hydrogen (secondary N) is 1. The van der Waals surface area contributed by atoms with E-state index >= 15 is 0 Å². The summed E-state index contributed by atoms with van der Waals surface area (Å²) < 4.78 is 1.83. The number of hydrogen-bond donors (Lipinski definition) is 2. The molecule has 0 spiro atoms. The molecule has 0 saturated carbocycles. The van der Waals surface area contributed by atoms with E-state index in [2.05, 4.69) is 15.6 Å². The minimum absolute atomic E-state index is 0.0841. The molecule has 2 N–H and O–H groups in total. The summed E-state index contributed by atoms with van der Waals surface area (Å²) in [5.74, 6) is -0.0841. The molecule has 0 bridgehead atoms. The molecule has 0 unspecified atom stereocenters. The molecule has 1 aromatic heterocycles. The molecule has 0 aliphatic carbocycles. The van der Waals surface area contributed by atoms with Crippen LogP contribution in [-0.4, -0.2) is 64.2 Å². The number of rotatable bonds is 7. The molecule has 7 heteroatoms. The maximum absolute atomic E-state index is 12.3. The number of aliphatic hydroxyl groups excluding tert-OH is 1. The standard InChI is InChI=1S/C14H25N5O2/c1-18(9-3-2-4-10-20)14(21)13-11-19(17-16-13)12-5-7-15-8-6-12/h11-12,15,20H,2-10H2,1H3. The fourth-order valence-electron chi connectivity index (χ4n) is 2.56. The first-order chi connectivity index (χ1) is 10.2. The normalized spacial score (nSPS) is 16.1. The molecule has 1 amide bonds. The zero-order valence-electron chi connectivity index (χ0n) is 12.7. The van der Waals surface area contributed by atoms with Gasteiger partial charge in [-0.2, -0.15) is 0 Å². The second-order valence-electron chi connectivity index (χ2n) is 5.58. The van der Waals surface area contributed by atoms with Gasteiger partial charge < -0.3 is 15.3 Å². The molecule has 118 valence electrons. The van der Waals surface area contributed by atoms with Crippen molar-refractivity contribution in [1.82, 2.24) is 25.2 Å². The van der Waals surface area contributed by atoms with Crippen LogP contribution in [0.2, 0.25) is 0 Å². The van der Waals surface area contributed by atoms with Crippen LogP contribution in [0.5, 0.6) is 0 Å². The van der Waals surface area contributed by atoms with Crippen LogP contribution < -0.4 is 5.32 Å². The van der Waals surface area contributed by atoms with Gasteiger partial charge in [0.1, 0.15) is 0 Å². The Bertz CT molecular complexity index is 442. The Morgan fingerprint density at radius 3 is 2.90 bits per heavy atom.